The van der Waals surface area contributed by atoms with Crippen LogP contribution >= 0.6 is 35.0 Å². The molecule has 0 bridgehead atoms. The number of nitrogens with zero attached hydrogens (tertiary/aromatic N) is 1. The Morgan fingerprint density at radius 1 is 1.00 bits per heavy atom. The number of sulfonamides is 1. The van der Waals surface area contributed by atoms with Gasteiger partial charge < -0.3 is 5.32 Å². The fraction of sp³-hybridized carbons (Fsp3) is 0.0952. The van der Waals surface area contributed by atoms with Gasteiger partial charge >= 0.3 is 0 Å². The van der Waals surface area contributed by atoms with Gasteiger partial charge in [-0.05, 0) is 66.9 Å². The lowest BCUT2D eigenvalue weighted by Crippen LogP contribution is -2.27. The number of carbonyl (C=O) groups is 1. The average Bonchev–Trinajstić information content (AvgIpc) is 2.74. The molecule has 0 atom stereocenters. The number of amides is 1. The minimum Gasteiger partial charge on any atom is -0.322 e. The van der Waals surface area contributed by atoms with Crippen molar-refractivity contribution in [3.05, 3.63) is 82.3 Å². The highest BCUT2D eigenvalue weighted by atomic mass is 35.5. The van der Waals surface area contributed by atoms with E-state index in [-0.39, 0.29) is 15.5 Å². The summed E-state index contributed by atoms with van der Waals surface area (Å²) in [7, 11) is -2.59. The molecule has 0 fully saturated rings. The van der Waals surface area contributed by atoms with E-state index >= 15 is 0 Å². The number of thioether (sulfide) groups is 1. The highest BCUT2D eigenvalue weighted by molar-refractivity contribution is 7.98. The number of carbonyl (C=O) groups excluding carboxylic acids is 1. The maximum absolute atomic E-state index is 13.1. The molecule has 0 aromatic heterocycles. The van der Waals surface area contributed by atoms with Crippen LogP contribution in [0.2, 0.25) is 10.0 Å². The molecule has 5 nitrogen and oxygen atoms in total. The van der Waals surface area contributed by atoms with E-state index in [1.165, 1.54) is 25.2 Å². The number of rotatable bonds is 6. The normalized spacial score (nSPS) is 11.2. The molecule has 0 aliphatic rings. The van der Waals surface area contributed by atoms with Gasteiger partial charge in [0.05, 0.1) is 10.7 Å². The molecular formula is C21H18Cl2N2O3S2. The molecule has 156 valence electrons. The first-order valence-electron chi connectivity index (χ1n) is 8.72. The fourth-order valence-electron chi connectivity index (χ4n) is 2.68. The van der Waals surface area contributed by atoms with Crippen LogP contribution in [-0.4, -0.2) is 27.6 Å². The Balaban J connectivity index is 1.92. The average molecular weight is 481 g/mol. The van der Waals surface area contributed by atoms with Crippen molar-refractivity contribution in [2.24, 2.45) is 0 Å². The zero-order valence-electron chi connectivity index (χ0n) is 16.1. The highest BCUT2D eigenvalue weighted by Gasteiger charge is 2.25. The summed E-state index contributed by atoms with van der Waals surface area (Å²) in [5, 5.41) is 3.30. The third kappa shape index (κ3) is 4.92. The topological polar surface area (TPSA) is 66.5 Å². The standard InChI is InChI=1S/C21H18Cl2N2O3S2/c1-25(17-9-7-15(22)8-10-17)30(27,28)20-12-14(6-11-19(20)23)21(26)24-16-4-3-5-18(13-16)29-2/h3-13H,1-2H3,(H,24,26). The van der Waals surface area contributed by atoms with E-state index in [0.717, 1.165) is 9.20 Å². The van der Waals surface area contributed by atoms with Gasteiger partial charge in [0, 0.05) is 28.2 Å². The van der Waals surface area contributed by atoms with Crippen LogP contribution in [0.5, 0.6) is 0 Å². The summed E-state index contributed by atoms with van der Waals surface area (Å²) >= 11 is 13.6. The van der Waals surface area contributed by atoms with Crippen LogP contribution in [0.25, 0.3) is 0 Å². The molecule has 3 aromatic carbocycles. The fourth-order valence-corrected chi connectivity index (χ4v) is 4.96. The molecule has 0 spiro atoms. The Morgan fingerprint density at radius 2 is 1.70 bits per heavy atom. The van der Waals surface area contributed by atoms with E-state index in [0.29, 0.717) is 16.4 Å². The van der Waals surface area contributed by atoms with Gasteiger partial charge in [-0.1, -0.05) is 29.3 Å². The predicted molar refractivity (Wildman–Crippen MR) is 125 cm³/mol. The molecule has 9 heteroatoms. The number of hydrogen-bond donors (Lipinski definition) is 1. The van der Waals surface area contributed by atoms with Crippen LogP contribution in [-0.2, 0) is 10.0 Å². The Kier molecular flexibility index (Phi) is 6.98. The van der Waals surface area contributed by atoms with Gasteiger partial charge in [0.25, 0.3) is 15.9 Å². The van der Waals surface area contributed by atoms with Gasteiger partial charge in [0.15, 0.2) is 0 Å². The second-order valence-electron chi connectivity index (χ2n) is 6.28. The lowest BCUT2D eigenvalue weighted by Gasteiger charge is -2.20. The van der Waals surface area contributed by atoms with Gasteiger partial charge in [-0.3, -0.25) is 9.10 Å². The summed E-state index contributed by atoms with van der Waals surface area (Å²) in [6.45, 7) is 0. The van der Waals surface area contributed by atoms with Crippen molar-refractivity contribution in [2.45, 2.75) is 9.79 Å². The van der Waals surface area contributed by atoms with Crippen LogP contribution in [0.15, 0.2) is 76.5 Å². The van der Waals surface area contributed by atoms with Gasteiger partial charge in [0.1, 0.15) is 4.90 Å². The minimum absolute atomic E-state index is 0.0248. The van der Waals surface area contributed by atoms with Gasteiger partial charge in [-0.15, -0.1) is 11.8 Å². The molecule has 3 aromatic rings. The predicted octanol–water partition coefficient (Wildman–Crippen LogP) is 5.79. The van der Waals surface area contributed by atoms with Crippen LogP contribution < -0.4 is 9.62 Å². The summed E-state index contributed by atoms with van der Waals surface area (Å²) in [6, 6.07) is 17.9. The molecule has 0 aliphatic carbocycles. The molecule has 0 aliphatic heterocycles. The molecule has 0 unspecified atom stereocenters. The monoisotopic (exact) mass is 480 g/mol. The van der Waals surface area contributed by atoms with Crippen molar-refractivity contribution < 1.29 is 13.2 Å². The molecule has 0 heterocycles. The molecule has 3 rings (SSSR count). The van der Waals surface area contributed by atoms with Crippen molar-refractivity contribution in [2.75, 3.05) is 22.9 Å². The zero-order chi connectivity index (χ0) is 21.9. The van der Waals surface area contributed by atoms with Crippen LogP contribution in [0.3, 0.4) is 0 Å². The summed E-state index contributed by atoms with van der Waals surface area (Å²) in [4.78, 5) is 13.5. The van der Waals surface area contributed by atoms with E-state index < -0.39 is 15.9 Å². The maximum atomic E-state index is 13.1. The first kappa shape index (κ1) is 22.5. The molecule has 0 saturated carbocycles. The van der Waals surface area contributed by atoms with E-state index in [2.05, 4.69) is 5.32 Å². The Bertz CT molecular complexity index is 1180. The summed E-state index contributed by atoms with van der Waals surface area (Å²) in [6.07, 6.45) is 1.94. The van der Waals surface area contributed by atoms with Crippen molar-refractivity contribution in [1.82, 2.24) is 0 Å². The van der Waals surface area contributed by atoms with Crippen molar-refractivity contribution >= 4 is 62.3 Å². The summed E-state index contributed by atoms with van der Waals surface area (Å²) < 4.78 is 27.3. The Labute approximate surface area is 190 Å². The Hall–Kier alpha value is -2.19. The summed E-state index contributed by atoms with van der Waals surface area (Å²) in [5.74, 6) is -0.435. The first-order chi connectivity index (χ1) is 14.2. The number of hydrogen-bond acceptors (Lipinski definition) is 4. The van der Waals surface area contributed by atoms with E-state index in [1.807, 2.05) is 24.5 Å². The zero-order valence-corrected chi connectivity index (χ0v) is 19.2. The lowest BCUT2D eigenvalue weighted by atomic mass is 10.2. The third-order valence-corrected chi connectivity index (χ3v) is 7.59. The smallest absolute Gasteiger partial charge is 0.265 e. The van der Waals surface area contributed by atoms with Crippen LogP contribution in [0, 0.1) is 0 Å². The van der Waals surface area contributed by atoms with Crippen molar-refractivity contribution in [1.29, 1.82) is 0 Å². The largest absolute Gasteiger partial charge is 0.322 e. The minimum atomic E-state index is -4.00. The summed E-state index contributed by atoms with van der Waals surface area (Å²) in [5.41, 5.74) is 1.21. The first-order valence-corrected chi connectivity index (χ1v) is 12.1. The van der Waals surface area contributed by atoms with Crippen molar-refractivity contribution in [3.8, 4) is 0 Å². The van der Waals surface area contributed by atoms with E-state index in [9.17, 15) is 13.2 Å². The molecule has 30 heavy (non-hydrogen) atoms. The molecule has 1 N–H and O–H groups in total. The number of nitrogens with one attached hydrogen (secondary N) is 1. The SMILES string of the molecule is CSc1cccc(NC(=O)c2ccc(Cl)c(S(=O)(=O)N(C)c3ccc(Cl)cc3)c2)c1. The Morgan fingerprint density at radius 3 is 2.37 bits per heavy atom. The number of benzene rings is 3. The second kappa shape index (κ2) is 9.31. The molecular weight excluding hydrogens is 463 g/mol. The highest BCUT2D eigenvalue weighted by Crippen LogP contribution is 2.29. The molecule has 1 amide bonds. The molecule has 0 saturated heterocycles. The van der Waals surface area contributed by atoms with Crippen molar-refractivity contribution in [3.63, 3.8) is 0 Å². The van der Waals surface area contributed by atoms with E-state index in [4.69, 9.17) is 23.2 Å². The van der Waals surface area contributed by atoms with Crippen LogP contribution in [0.1, 0.15) is 10.4 Å². The molecule has 0 radical (unpaired) electrons. The quantitative estimate of drug-likeness (QED) is 0.453. The third-order valence-electron chi connectivity index (χ3n) is 4.35. The number of halogens is 2. The van der Waals surface area contributed by atoms with Crippen LogP contribution in [0.4, 0.5) is 11.4 Å². The second-order valence-corrected chi connectivity index (χ2v) is 9.94. The van der Waals surface area contributed by atoms with E-state index in [1.54, 1.807) is 42.1 Å². The lowest BCUT2D eigenvalue weighted by molar-refractivity contribution is 0.102. The maximum Gasteiger partial charge on any atom is 0.265 e. The van der Waals surface area contributed by atoms with Gasteiger partial charge in [0.2, 0.25) is 0 Å². The van der Waals surface area contributed by atoms with Gasteiger partial charge in [-0.25, -0.2) is 8.42 Å². The number of anilines is 2. The van der Waals surface area contributed by atoms with Gasteiger partial charge in [-0.2, -0.15) is 0 Å².